The van der Waals surface area contributed by atoms with E-state index in [1.165, 1.54) is 5.56 Å². The van der Waals surface area contributed by atoms with E-state index in [9.17, 15) is 9.59 Å². The second kappa shape index (κ2) is 10.1. The quantitative estimate of drug-likeness (QED) is 0.406. The number of urea groups is 1. The first-order valence-electron chi connectivity index (χ1n) is 12.0. The lowest BCUT2D eigenvalue weighted by Gasteiger charge is -2.34. The Morgan fingerprint density at radius 3 is 2.62 bits per heavy atom. The number of aryl methyl sites for hydroxylation is 1. The fourth-order valence-corrected chi connectivity index (χ4v) is 4.83. The molecule has 0 radical (unpaired) electrons. The molecule has 8 heteroatoms. The highest BCUT2D eigenvalue weighted by atomic mass is 16.2. The van der Waals surface area contributed by atoms with Gasteiger partial charge in [-0.25, -0.2) is 9.48 Å². The van der Waals surface area contributed by atoms with Crippen LogP contribution in [0.1, 0.15) is 37.5 Å². The van der Waals surface area contributed by atoms with E-state index in [0.717, 1.165) is 43.4 Å². The van der Waals surface area contributed by atoms with E-state index < -0.39 is 6.29 Å². The number of hydrogen-bond donors (Lipinski definition) is 4. The van der Waals surface area contributed by atoms with Gasteiger partial charge in [-0.05, 0) is 31.2 Å². The van der Waals surface area contributed by atoms with Crippen molar-refractivity contribution in [3.63, 3.8) is 0 Å². The van der Waals surface area contributed by atoms with Gasteiger partial charge in [-0.3, -0.25) is 15.4 Å². The third-order valence-corrected chi connectivity index (χ3v) is 6.57. The lowest BCUT2D eigenvalue weighted by atomic mass is 10.0. The predicted molar refractivity (Wildman–Crippen MR) is 131 cm³/mol. The smallest absolute Gasteiger partial charge is 0.320 e. The molecule has 34 heavy (non-hydrogen) atoms. The third-order valence-electron chi connectivity index (χ3n) is 6.57. The SMILES string of the molecule is O=C(NCCCc1ccccc1)Nc1cc(-c2ccccc2)nn1C1NC(=O)C2CCCC2N1. The summed E-state index contributed by atoms with van der Waals surface area (Å²) in [4.78, 5) is 25.3. The van der Waals surface area contributed by atoms with Crippen LogP contribution >= 0.6 is 0 Å². The van der Waals surface area contributed by atoms with E-state index in [1.807, 2.05) is 54.6 Å². The standard InChI is InChI=1S/C26H30N6O2/c33-24-20-14-7-15-21(20)28-25(30-24)32-23(17-22(31-32)19-12-5-2-6-13-19)29-26(34)27-16-8-11-18-9-3-1-4-10-18/h1-6,9-10,12-13,17,20-21,25,28H,7-8,11,14-16H2,(H,30,33)(H2,27,29,34). The summed E-state index contributed by atoms with van der Waals surface area (Å²) < 4.78 is 1.67. The molecule has 2 aromatic carbocycles. The Balaban J connectivity index is 1.28. The van der Waals surface area contributed by atoms with Crippen molar-refractivity contribution in [3.05, 3.63) is 72.3 Å². The van der Waals surface area contributed by atoms with E-state index in [1.54, 1.807) is 4.68 Å². The Bertz CT molecular complexity index is 1130. The lowest BCUT2D eigenvalue weighted by molar-refractivity contribution is -0.130. The van der Waals surface area contributed by atoms with E-state index in [0.29, 0.717) is 12.4 Å². The van der Waals surface area contributed by atoms with Crippen LogP contribution in [0.2, 0.25) is 0 Å². The van der Waals surface area contributed by atoms with E-state index >= 15 is 0 Å². The average molecular weight is 459 g/mol. The van der Waals surface area contributed by atoms with Gasteiger partial charge in [0.2, 0.25) is 5.91 Å². The number of hydrogen-bond acceptors (Lipinski definition) is 4. The van der Waals surface area contributed by atoms with Gasteiger partial charge >= 0.3 is 6.03 Å². The molecule has 1 saturated carbocycles. The van der Waals surface area contributed by atoms with Gasteiger partial charge in [0, 0.05) is 24.2 Å². The van der Waals surface area contributed by atoms with Crippen molar-refractivity contribution in [2.24, 2.45) is 5.92 Å². The van der Waals surface area contributed by atoms with Gasteiger partial charge in [-0.15, -0.1) is 0 Å². The molecule has 8 nitrogen and oxygen atoms in total. The second-order valence-corrected chi connectivity index (χ2v) is 8.92. The van der Waals surface area contributed by atoms with Crippen LogP contribution in [0.4, 0.5) is 10.6 Å². The summed E-state index contributed by atoms with van der Waals surface area (Å²) in [5.41, 5.74) is 2.91. The number of anilines is 1. The summed E-state index contributed by atoms with van der Waals surface area (Å²) in [7, 11) is 0. The minimum absolute atomic E-state index is 0.00438. The van der Waals surface area contributed by atoms with Gasteiger partial charge in [-0.2, -0.15) is 5.10 Å². The highest BCUT2D eigenvalue weighted by molar-refractivity contribution is 5.89. The molecule has 4 N–H and O–H groups in total. The second-order valence-electron chi connectivity index (χ2n) is 8.92. The van der Waals surface area contributed by atoms with Crippen molar-refractivity contribution in [1.29, 1.82) is 0 Å². The van der Waals surface area contributed by atoms with E-state index in [-0.39, 0.29) is 23.9 Å². The molecule has 2 fully saturated rings. The third kappa shape index (κ3) is 4.97. The molecule has 3 unspecified atom stereocenters. The molecule has 2 aliphatic rings. The van der Waals surface area contributed by atoms with Crippen LogP contribution in [0.5, 0.6) is 0 Å². The van der Waals surface area contributed by atoms with Crippen molar-refractivity contribution >= 4 is 17.8 Å². The van der Waals surface area contributed by atoms with Crippen LogP contribution in [0, 0.1) is 5.92 Å². The first-order chi connectivity index (χ1) is 16.7. The monoisotopic (exact) mass is 458 g/mol. The fraction of sp³-hybridized carbons (Fsp3) is 0.346. The zero-order chi connectivity index (χ0) is 23.3. The van der Waals surface area contributed by atoms with Crippen molar-refractivity contribution in [3.8, 4) is 11.3 Å². The largest absolute Gasteiger partial charge is 0.338 e. The molecule has 1 aliphatic heterocycles. The number of benzene rings is 2. The molecule has 1 saturated heterocycles. The van der Waals surface area contributed by atoms with Crippen LogP contribution in [-0.2, 0) is 11.2 Å². The van der Waals surface area contributed by atoms with Crippen LogP contribution in [-0.4, -0.2) is 34.3 Å². The van der Waals surface area contributed by atoms with Crippen LogP contribution in [0.25, 0.3) is 11.3 Å². The number of nitrogens with one attached hydrogen (secondary N) is 4. The Hall–Kier alpha value is -3.65. The van der Waals surface area contributed by atoms with E-state index in [2.05, 4.69) is 33.4 Å². The molecule has 176 valence electrons. The molecule has 3 aromatic rings. The van der Waals surface area contributed by atoms with Gasteiger partial charge < -0.3 is 10.6 Å². The van der Waals surface area contributed by atoms with Gasteiger partial charge in [0.1, 0.15) is 5.82 Å². The first-order valence-corrected chi connectivity index (χ1v) is 12.0. The molecule has 0 spiro atoms. The molecule has 3 amide bonds. The van der Waals surface area contributed by atoms with Crippen molar-refractivity contribution in [1.82, 2.24) is 25.7 Å². The lowest BCUT2D eigenvalue weighted by Crippen LogP contribution is -2.57. The summed E-state index contributed by atoms with van der Waals surface area (Å²) in [5.74, 6) is 0.567. The Labute approximate surface area is 199 Å². The molecule has 3 atom stereocenters. The Morgan fingerprint density at radius 1 is 1.06 bits per heavy atom. The summed E-state index contributed by atoms with van der Waals surface area (Å²) in [6.07, 6.45) is 4.13. The van der Waals surface area contributed by atoms with Crippen LogP contribution in [0.3, 0.4) is 0 Å². The predicted octanol–water partition coefficient (Wildman–Crippen LogP) is 3.65. The molecular weight excluding hydrogens is 428 g/mol. The van der Waals surface area contributed by atoms with Gasteiger partial charge in [0.05, 0.1) is 11.6 Å². The minimum Gasteiger partial charge on any atom is -0.338 e. The van der Waals surface area contributed by atoms with E-state index in [4.69, 9.17) is 5.10 Å². The summed E-state index contributed by atoms with van der Waals surface area (Å²) in [6, 6.07) is 21.7. The topological polar surface area (TPSA) is 100 Å². The molecule has 2 heterocycles. The number of fused-ring (bicyclic) bond motifs is 1. The summed E-state index contributed by atoms with van der Waals surface area (Å²) >= 11 is 0. The maximum absolute atomic E-state index is 12.7. The summed E-state index contributed by atoms with van der Waals surface area (Å²) in [6.45, 7) is 0.558. The van der Waals surface area contributed by atoms with Gasteiger partial charge in [0.15, 0.2) is 6.29 Å². The maximum atomic E-state index is 12.7. The molecule has 5 rings (SSSR count). The average Bonchev–Trinajstić information content (AvgIpc) is 3.51. The summed E-state index contributed by atoms with van der Waals surface area (Å²) in [5, 5.41) is 17.1. The molecule has 1 aliphatic carbocycles. The molecular formula is C26H30N6O2. The maximum Gasteiger partial charge on any atom is 0.320 e. The molecule has 0 bridgehead atoms. The number of amides is 3. The van der Waals surface area contributed by atoms with Crippen molar-refractivity contribution < 1.29 is 9.59 Å². The number of carbonyl (C=O) groups is 2. The van der Waals surface area contributed by atoms with Crippen molar-refractivity contribution in [2.45, 2.75) is 44.4 Å². The number of nitrogens with zero attached hydrogens (tertiary/aromatic N) is 2. The van der Waals surface area contributed by atoms with Gasteiger partial charge in [0.25, 0.3) is 0 Å². The number of carbonyl (C=O) groups excluding carboxylic acids is 2. The first kappa shape index (κ1) is 22.2. The van der Waals surface area contributed by atoms with Crippen LogP contribution in [0.15, 0.2) is 66.7 Å². The van der Waals surface area contributed by atoms with Crippen LogP contribution < -0.4 is 21.3 Å². The highest BCUT2D eigenvalue weighted by Gasteiger charge is 2.40. The number of rotatable bonds is 7. The Kier molecular flexibility index (Phi) is 6.58. The van der Waals surface area contributed by atoms with Crippen molar-refractivity contribution in [2.75, 3.05) is 11.9 Å². The minimum atomic E-state index is -0.516. The normalized spacial score (nSPS) is 21.5. The fourth-order valence-electron chi connectivity index (χ4n) is 4.83. The molecule has 1 aromatic heterocycles. The van der Waals surface area contributed by atoms with Gasteiger partial charge in [-0.1, -0.05) is 67.1 Å². The Morgan fingerprint density at radius 2 is 1.82 bits per heavy atom. The zero-order valence-corrected chi connectivity index (χ0v) is 19.0. The zero-order valence-electron chi connectivity index (χ0n) is 19.0. The number of aromatic nitrogens is 2. The highest BCUT2D eigenvalue weighted by Crippen LogP contribution is 2.31.